The minimum absolute atomic E-state index is 0.0367. The van der Waals surface area contributed by atoms with Gasteiger partial charge in [0, 0.05) is 62.8 Å². The summed E-state index contributed by atoms with van der Waals surface area (Å²) >= 11 is 0. The number of nitrogens with one attached hydrogen (secondary N) is 1. The van der Waals surface area contributed by atoms with Gasteiger partial charge in [0.2, 0.25) is 5.91 Å². The molecule has 1 saturated heterocycles. The Morgan fingerprint density at radius 1 is 1.41 bits per heavy atom. The van der Waals surface area contributed by atoms with E-state index in [4.69, 9.17) is 15.6 Å². The van der Waals surface area contributed by atoms with Crippen LogP contribution in [-0.4, -0.2) is 53.6 Å². The molecule has 0 bridgehead atoms. The molecule has 32 heavy (non-hydrogen) atoms. The van der Waals surface area contributed by atoms with Crippen molar-refractivity contribution >= 4 is 29.2 Å². The molecule has 1 amide bonds. The summed E-state index contributed by atoms with van der Waals surface area (Å²) in [4.78, 5) is 17.5. The highest BCUT2D eigenvalue weighted by Crippen LogP contribution is 2.34. The number of aromatic nitrogens is 2. The third kappa shape index (κ3) is 3.97. The van der Waals surface area contributed by atoms with E-state index in [1.165, 1.54) is 32.3 Å². The maximum absolute atomic E-state index is 15.3. The molecule has 1 aromatic heterocycles. The van der Waals surface area contributed by atoms with E-state index < -0.39 is 11.6 Å². The molecule has 4 rings (SSSR count). The zero-order chi connectivity index (χ0) is 22.8. The molecule has 1 fully saturated rings. The smallest absolute Gasteiger partial charge is 0.219 e. The summed E-state index contributed by atoms with van der Waals surface area (Å²) in [6.07, 6.45) is 3.89. The molecule has 0 radical (unpaired) electrons. The van der Waals surface area contributed by atoms with Crippen LogP contribution >= 0.6 is 0 Å². The first-order valence-electron chi connectivity index (χ1n) is 10.5. The van der Waals surface area contributed by atoms with E-state index >= 15 is 4.39 Å². The maximum atomic E-state index is 15.3. The molecule has 10 heteroatoms. The fourth-order valence-corrected chi connectivity index (χ4v) is 4.20. The summed E-state index contributed by atoms with van der Waals surface area (Å²) < 4.78 is 37.2. The molecule has 0 spiro atoms. The second-order valence-corrected chi connectivity index (χ2v) is 7.84. The number of carbonyl (C=O) groups is 1. The van der Waals surface area contributed by atoms with Crippen LogP contribution < -0.4 is 11.1 Å². The Morgan fingerprint density at radius 3 is 2.88 bits per heavy atom. The Labute approximate surface area is 184 Å². The predicted octanol–water partition coefficient (Wildman–Crippen LogP) is 2.77. The SMILES string of the molecule is CN=CC(=CN)c1c(F)ccc(Nc2nn(C3CCOC3)c3c2CN(C(C)=O)CC3)c1F. The molecule has 3 N–H and O–H groups in total. The number of aliphatic imine (C=N–C) groups is 1. The first-order chi connectivity index (χ1) is 15.4. The number of amides is 1. The Hall–Kier alpha value is -3.27. The van der Waals surface area contributed by atoms with Crippen LogP contribution in [-0.2, 0) is 22.5 Å². The van der Waals surface area contributed by atoms with E-state index in [-0.39, 0.29) is 28.8 Å². The first kappa shape index (κ1) is 21.9. The van der Waals surface area contributed by atoms with Crippen LogP contribution in [0.15, 0.2) is 23.3 Å². The molecule has 2 aromatic rings. The zero-order valence-corrected chi connectivity index (χ0v) is 18.1. The first-order valence-corrected chi connectivity index (χ1v) is 10.5. The molecule has 2 aliphatic rings. The molecule has 1 atom stereocenters. The van der Waals surface area contributed by atoms with Crippen molar-refractivity contribution in [1.82, 2.24) is 14.7 Å². The normalized spacial score (nSPS) is 18.9. The number of hydrogen-bond acceptors (Lipinski definition) is 6. The molecular weight excluding hydrogens is 418 g/mol. The minimum atomic E-state index is -0.798. The Balaban J connectivity index is 1.76. The van der Waals surface area contributed by atoms with Crippen LogP contribution in [0.25, 0.3) is 5.57 Å². The highest BCUT2D eigenvalue weighted by molar-refractivity contribution is 6.10. The van der Waals surface area contributed by atoms with Crippen molar-refractivity contribution in [1.29, 1.82) is 0 Å². The highest BCUT2D eigenvalue weighted by Gasteiger charge is 2.31. The number of nitrogens with two attached hydrogens (primary N) is 1. The van der Waals surface area contributed by atoms with Crippen molar-refractivity contribution in [3.8, 4) is 0 Å². The number of rotatable bonds is 5. The summed E-state index contributed by atoms with van der Waals surface area (Å²) in [5, 5.41) is 7.75. The fraction of sp³-hybridized carbons (Fsp3) is 0.409. The molecule has 8 nitrogen and oxygen atoms in total. The van der Waals surface area contributed by atoms with Crippen LogP contribution in [0.1, 0.15) is 36.2 Å². The minimum Gasteiger partial charge on any atom is -0.404 e. The van der Waals surface area contributed by atoms with Crippen molar-refractivity contribution in [3.05, 3.63) is 46.8 Å². The van der Waals surface area contributed by atoms with Gasteiger partial charge in [-0.3, -0.25) is 14.5 Å². The molecular formula is C22H26F2N6O2. The lowest BCUT2D eigenvalue weighted by molar-refractivity contribution is -0.129. The van der Waals surface area contributed by atoms with Gasteiger partial charge in [-0.05, 0) is 18.6 Å². The summed E-state index contributed by atoms with van der Waals surface area (Å²) in [5.41, 5.74) is 7.31. The van der Waals surface area contributed by atoms with Crippen LogP contribution in [0.4, 0.5) is 20.3 Å². The largest absolute Gasteiger partial charge is 0.404 e. The van der Waals surface area contributed by atoms with E-state index in [0.717, 1.165) is 23.9 Å². The van der Waals surface area contributed by atoms with E-state index in [1.54, 1.807) is 4.90 Å². The number of hydrogen-bond donors (Lipinski definition) is 2. The van der Waals surface area contributed by atoms with Crippen molar-refractivity contribution in [3.63, 3.8) is 0 Å². The number of allylic oxidation sites excluding steroid dienone is 1. The van der Waals surface area contributed by atoms with E-state index in [1.807, 2.05) is 4.68 Å². The number of benzene rings is 1. The molecule has 170 valence electrons. The number of halogens is 2. The monoisotopic (exact) mass is 444 g/mol. The maximum Gasteiger partial charge on any atom is 0.219 e. The average Bonchev–Trinajstić information content (AvgIpc) is 3.43. The lowest BCUT2D eigenvalue weighted by Gasteiger charge is -2.27. The van der Waals surface area contributed by atoms with Gasteiger partial charge in [-0.1, -0.05) is 0 Å². The molecule has 1 aromatic carbocycles. The summed E-state index contributed by atoms with van der Waals surface area (Å²) in [5.74, 6) is -1.14. The van der Waals surface area contributed by atoms with Gasteiger partial charge in [-0.25, -0.2) is 8.78 Å². The van der Waals surface area contributed by atoms with E-state index in [2.05, 4.69) is 10.3 Å². The van der Waals surface area contributed by atoms with Gasteiger partial charge in [-0.15, -0.1) is 0 Å². The lowest BCUT2D eigenvalue weighted by Crippen LogP contribution is -2.35. The van der Waals surface area contributed by atoms with Gasteiger partial charge in [-0.2, -0.15) is 5.10 Å². The van der Waals surface area contributed by atoms with Gasteiger partial charge in [0.1, 0.15) is 5.82 Å². The van der Waals surface area contributed by atoms with Gasteiger partial charge < -0.3 is 20.7 Å². The van der Waals surface area contributed by atoms with Crippen molar-refractivity contribution in [2.75, 3.05) is 32.1 Å². The molecule has 3 heterocycles. The lowest BCUT2D eigenvalue weighted by atomic mass is 10.0. The standard InChI is InChI=1S/C22H26F2N6O2/c1-13(31)29-7-5-19-16(11-29)22(28-30(19)15-6-8-32-12-15)27-18-4-3-17(23)20(21(18)24)14(9-25)10-26-2/h3-4,9-10,15H,5-8,11-12,25H2,1-2H3,(H,27,28). The van der Waals surface area contributed by atoms with Crippen LogP contribution in [0, 0.1) is 11.6 Å². The molecule has 2 aliphatic heterocycles. The van der Waals surface area contributed by atoms with Crippen LogP contribution in [0.2, 0.25) is 0 Å². The van der Waals surface area contributed by atoms with E-state index in [0.29, 0.717) is 38.5 Å². The van der Waals surface area contributed by atoms with Gasteiger partial charge >= 0.3 is 0 Å². The molecule has 0 saturated carbocycles. The Bertz CT molecular complexity index is 1090. The van der Waals surface area contributed by atoms with Crippen molar-refractivity contribution in [2.45, 2.75) is 32.4 Å². The van der Waals surface area contributed by atoms with E-state index in [9.17, 15) is 9.18 Å². The van der Waals surface area contributed by atoms with Crippen molar-refractivity contribution < 1.29 is 18.3 Å². The highest BCUT2D eigenvalue weighted by atomic mass is 19.1. The number of ether oxygens (including phenoxy) is 1. The third-order valence-electron chi connectivity index (χ3n) is 5.86. The summed E-state index contributed by atoms with van der Waals surface area (Å²) in [6.45, 7) is 3.70. The second kappa shape index (κ2) is 9.07. The van der Waals surface area contributed by atoms with Gasteiger partial charge in [0.15, 0.2) is 11.6 Å². The molecule has 1 unspecified atom stereocenters. The van der Waals surface area contributed by atoms with Crippen LogP contribution in [0.5, 0.6) is 0 Å². The Kier molecular flexibility index (Phi) is 6.22. The van der Waals surface area contributed by atoms with Crippen LogP contribution in [0.3, 0.4) is 0 Å². The van der Waals surface area contributed by atoms with Gasteiger partial charge in [0.25, 0.3) is 0 Å². The summed E-state index contributed by atoms with van der Waals surface area (Å²) in [6, 6.07) is 2.58. The predicted molar refractivity (Wildman–Crippen MR) is 118 cm³/mol. The molecule has 0 aliphatic carbocycles. The number of anilines is 2. The Morgan fingerprint density at radius 2 is 2.22 bits per heavy atom. The average molecular weight is 444 g/mol. The summed E-state index contributed by atoms with van der Waals surface area (Å²) in [7, 11) is 1.49. The van der Waals surface area contributed by atoms with Crippen molar-refractivity contribution in [2.24, 2.45) is 10.7 Å². The fourth-order valence-electron chi connectivity index (χ4n) is 4.20. The number of fused-ring (bicyclic) bond motifs is 1. The van der Waals surface area contributed by atoms with Gasteiger partial charge in [0.05, 0.1) is 30.4 Å². The quantitative estimate of drug-likeness (QED) is 0.691. The topological polar surface area (TPSA) is 97.8 Å². The second-order valence-electron chi connectivity index (χ2n) is 7.84. The third-order valence-corrected chi connectivity index (χ3v) is 5.86. The number of nitrogens with zero attached hydrogens (tertiary/aromatic N) is 4. The number of carbonyl (C=O) groups excluding carboxylic acids is 1. The zero-order valence-electron chi connectivity index (χ0n) is 18.1.